The number of Topliss-reactive ketones (excluding diaryl/α,β-unsaturated/α-hetero) is 1. The minimum Gasteiger partial charge on any atom is -0.300 e. The fourth-order valence-corrected chi connectivity index (χ4v) is 2.24. The Morgan fingerprint density at radius 2 is 2.17 bits per heavy atom. The Balaban J connectivity index is 2.32. The summed E-state index contributed by atoms with van der Waals surface area (Å²) < 4.78 is 0. The third kappa shape index (κ3) is 1.02. The maximum Gasteiger partial charge on any atom is 0.155 e. The smallest absolute Gasteiger partial charge is 0.155 e. The number of allylic oxidation sites excluding steroid dienone is 2. The Labute approximate surface area is 71.6 Å². The lowest BCUT2D eigenvalue weighted by molar-refractivity contribution is -0.117. The number of fused-ring (bicyclic) bond motifs is 1. The predicted molar refractivity (Wildman–Crippen MR) is 44.6 cm³/mol. The molecule has 0 aliphatic heterocycles. The molecule has 0 amide bonds. The molecule has 0 N–H and O–H groups in total. The van der Waals surface area contributed by atoms with Crippen LogP contribution >= 0.6 is 0 Å². The van der Waals surface area contributed by atoms with Crippen LogP contribution in [-0.2, 0) is 9.59 Å². The van der Waals surface area contributed by atoms with Crippen LogP contribution in [0.2, 0.25) is 0 Å². The summed E-state index contributed by atoms with van der Waals surface area (Å²) in [5.74, 6) is 0.761. The third-order valence-corrected chi connectivity index (χ3v) is 3.08. The van der Waals surface area contributed by atoms with E-state index in [1.807, 2.05) is 6.08 Å². The van der Waals surface area contributed by atoms with Gasteiger partial charge in [-0.05, 0) is 17.4 Å². The lowest BCUT2D eigenvalue weighted by Crippen LogP contribution is -2.25. The van der Waals surface area contributed by atoms with E-state index >= 15 is 0 Å². The van der Waals surface area contributed by atoms with Crippen molar-refractivity contribution in [1.82, 2.24) is 0 Å². The molecule has 2 aliphatic carbocycles. The number of carbonyl (C=O) groups is 2. The summed E-state index contributed by atoms with van der Waals surface area (Å²) in [6.45, 7) is 2.07. The van der Waals surface area contributed by atoms with Gasteiger partial charge in [0.2, 0.25) is 0 Å². The van der Waals surface area contributed by atoms with Crippen molar-refractivity contribution in [1.29, 1.82) is 0 Å². The van der Waals surface area contributed by atoms with Gasteiger partial charge in [0.05, 0.1) is 0 Å². The lowest BCUT2D eigenvalue weighted by atomic mass is 9.74. The second-order valence-corrected chi connectivity index (χ2v) is 4.13. The Morgan fingerprint density at radius 1 is 1.42 bits per heavy atom. The zero-order valence-electron chi connectivity index (χ0n) is 7.17. The molecular weight excluding hydrogens is 152 g/mol. The van der Waals surface area contributed by atoms with Crippen LogP contribution in [0.5, 0.6) is 0 Å². The van der Waals surface area contributed by atoms with E-state index in [1.165, 1.54) is 0 Å². The normalized spacial score (nSPS) is 40.2. The molecule has 2 heteroatoms. The summed E-state index contributed by atoms with van der Waals surface area (Å²) in [4.78, 5) is 22.2. The van der Waals surface area contributed by atoms with Gasteiger partial charge in [-0.1, -0.05) is 13.0 Å². The van der Waals surface area contributed by atoms with Crippen molar-refractivity contribution in [2.45, 2.75) is 26.2 Å². The highest BCUT2D eigenvalue weighted by Gasteiger charge is 2.43. The Bertz CT molecular complexity index is 278. The van der Waals surface area contributed by atoms with Gasteiger partial charge in [-0.15, -0.1) is 0 Å². The molecular formula is C10H12O2. The summed E-state index contributed by atoms with van der Waals surface area (Å²) in [5.41, 5.74) is -0.00894. The third-order valence-electron chi connectivity index (χ3n) is 3.08. The maximum atomic E-state index is 11.2. The molecule has 0 unspecified atom stereocenters. The van der Waals surface area contributed by atoms with Crippen LogP contribution in [0.25, 0.3) is 0 Å². The average molecular weight is 164 g/mol. The fourth-order valence-electron chi connectivity index (χ4n) is 2.24. The van der Waals surface area contributed by atoms with Crippen molar-refractivity contribution in [3.63, 3.8) is 0 Å². The molecule has 12 heavy (non-hydrogen) atoms. The molecule has 0 bridgehead atoms. The second-order valence-electron chi connectivity index (χ2n) is 4.13. The number of ketones is 2. The van der Waals surface area contributed by atoms with Gasteiger partial charge in [0.1, 0.15) is 5.78 Å². The van der Waals surface area contributed by atoms with Gasteiger partial charge in [0.25, 0.3) is 0 Å². The van der Waals surface area contributed by atoms with E-state index in [1.54, 1.807) is 6.08 Å². The highest BCUT2D eigenvalue weighted by molar-refractivity contribution is 5.93. The molecule has 1 fully saturated rings. The lowest BCUT2D eigenvalue weighted by Gasteiger charge is -2.29. The van der Waals surface area contributed by atoms with Crippen molar-refractivity contribution in [2.24, 2.45) is 11.3 Å². The monoisotopic (exact) mass is 164 g/mol. The van der Waals surface area contributed by atoms with Crippen LogP contribution in [0.3, 0.4) is 0 Å². The minimum absolute atomic E-state index is 0.00894. The minimum atomic E-state index is -0.00894. The Kier molecular flexibility index (Phi) is 1.47. The van der Waals surface area contributed by atoms with E-state index in [2.05, 4.69) is 6.92 Å². The number of hydrogen-bond acceptors (Lipinski definition) is 2. The Morgan fingerprint density at radius 3 is 2.92 bits per heavy atom. The predicted octanol–water partition coefficient (Wildman–Crippen LogP) is 1.50. The molecule has 2 aliphatic rings. The Hall–Kier alpha value is -0.920. The number of carbonyl (C=O) groups excluding carboxylic acids is 2. The van der Waals surface area contributed by atoms with Gasteiger partial charge < -0.3 is 0 Å². The topological polar surface area (TPSA) is 34.1 Å². The van der Waals surface area contributed by atoms with E-state index in [9.17, 15) is 9.59 Å². The standard InChI is InChI=1S/C10H12O2/c1-10-3-2-8(11)4-7(10)5-9(12)6-10/h2-3,7H,4-6H2,1H3/t7-,10+/m1/s1. The molecule has 0 aromatic carbocycles. The maximum absolute atomic E-state index is 11.2. The van der Waals surface area contributed by atoms with Crippen LogP contribution in [-0.4, -0.2) is 11.6 Å². The molecule has 0 aromatic heterocycles. The molecule has 2 rings (SSSR count). The molecule has 1 saturated carbocycles. The molecule has 2 atom stereocenters. The van der Waals surface area contributed by atoms with E-state index in [0.717, 1.165) is 0 Å². The second kappa shape index (κ2) is 2.28. The van der Waals surface area contributed by atoms with Crippen molar-refractivity contribution in [2.75, 3.05) is 0 Å². The highest BCUT2D eigenvalue weighted by Crippen LogP contribution is 2.46. The molecule has 0 spiro atoms. The number of rotatable bonds is 0. The van der Waals surface area contributed by atoms with E-state index in [-0.39, 0.29) is 17.1 Å². The molecule has 2 nitrogen and oxygen atoms in total. The zero-order chi connectivity index (χ0) is 8.77. The van der Waals surface area contributed by atoms with Gasteiger partial charge >= 0.3 is 0 Å². The SMILES string of the molecule is C[C@@]12C=CC(=O)C[C@@H]1CC(=O)C2. The molecule has 0 heterocycles. The van der Waals surface area contributed by atoms with Gasteiger partial charge in [-0.25, -0.2) is 0 Å². The molecule has 0 aromatic rings. The first-order valence-corrected chi connectivity index (χ1v) is 4.34. The van der Waals surface area contributed by atoms with Gasteiger partial charge in [0.15, 0.2) is 5.78 Å². The molecule has 0 saturated heterocycles. The molecule has 0 radical (unpaired) electrons. The molecule has 64 valence electrons. The first-order valence-electron chi connectivity index (χ1n) is 4.34. The highest BCUT2D eigenvalue weighted by atomic mass is 16.1. The van der Waals surface area contributed by atoms with E-state index in [4.69, 9.17) is 0 Å². The van der Waals surface area contributed by atoms with Gasteiger partial charge in [-0.3, -0.25) is 9.59 Å². The summed E-state index contributed by atoms with van der Waals surface area (Å²) in [5, 5.41) is 0. The van der Waals surface area contributed by atoms with E-state index in [0.29, 0.717) is 25.0 Å². The van der Waals surface area contributed by atoms with Gasteiger partial charge in [0, 0.05) is 19.3 Å². The van der Waals surface area contributed by atoms with Crippen LogP contribution in [0, 0.1) is 11.3 Å². The van der Waals surface area contributed by atoms with Crippen molar-refractivity contribution >= 4 is 11.6 Å². The summed E-state index contributed by atoms with van der Waals surface area (Å²) in [6, 6.07) is 0. The average Bonchev–Trinajstić information content (AvgIpc) is 2.24. The summed E-state index contributed by atoms with van der Waals surface area (Å²) in [7, 11) is 0. The quantitative estimate of drug-likeness (QED) is 0.543. The van der Waals surface area contributed by atoms with Crippen LogP contribution in [0.4, 0.5) is 0 Å². The van der Waals surface area contributed by atoms with E-state index < -0.39 is 0 Å². The number of hydrogen-bond donors (Lipinski definition) is 0. The van der Waals surface area contributed by atoms with Crippen molar-refractivity contribution in [3.8, 4) is 0 Å². The van der Waals surface area contributed by atoms with Crippen molar-refractivity contribution < 1.29 is 9.59 Å². The van der Waals surface area contributed by atoms with Crippen LogP contribution in [0.1, 0.15) is 26.2 Å². The van der Waals surface area contributed by atoms with Crippen molar-refractivity contribution in [3.05, 3.63) is 12.2 Å². The first kappa shape index (κ1) is 7.71. The summed E-state index contributed by atoms with van der Waals surface area (Å²) >= 11 is 0. The first-order chi connectivity index (χ1) is 5.60. The largest absolute Gasteiger partial charge is 0.300 e. The zero-order valence-corrected chi connectivity index (χ0v) is 7.17. The summed E-state index contributed by atoms with van der Waals surface area (Å²) in [6.07, 6.45) is 5.36. The van der Waals surface area contributed by atoms with Crippen LogP contribution in [0.15, 0.2) is 12.2 Å². The fraction of sp³-hybridized carbons (Fsp3) is 0.600. The van der Waals surface area contributed by atoms with Crippen LogP contribution < -0.4 is 0 Å². The van der Waals surface area contributed by atoms with Gasteiger partial charge in [-0.2, -0.15) is 0 Å².